The van der Waals surface area contributed by atoms with Crippen LogP contribution < -0.4 is 15.5 Å². The molecule has 0 saturated heterocycles. The van der Waals surface area contributed by atoms with Crippen molar-refractivity contribution in [3.8, 4) is 17.0 Å². The Labute approximate surface area is 141 Å². The lowest BCUT2D eigenvalue weighted by Crippen LogP contribution is -2.16. The SMILES string of the molecule is CONCCCNc1ccc(-c2cc3ccc(OC)cc3[nH]2)cc1. The molecule has 0 saturated carbocycles. The molecule has 1 heterocycles. The lowest BCUT2D eigenvalue weighted by Gasteiger charge is -2.07. The second kappa shape index (κ2) is 7.86. The van der Waals surface area contributed by atoms with E-state index in [4.69, 9.17) is 9.57 Å². The summed E-state index contributed by atoms with van der Waals surface area (Å²) in [5.41, 5.74) is 7.30. The maximum Gasteiger partial charge on any atom is 0.120 e. The molecule has 0 atom stereocenters. The number of rotatable bonds is 8. The van der Waals surface area contributed by atoms with Crippen LogP contribution >= 0.6 is 0 Å². The van der Waals surface area contributed by atoms with Gasteiger partial charge in [-0.3, -0.25) is 0 Å². The molecule has 0 fully saturated rings. The van der Waals surface area contributed by atoms with Crippen LogP contribution in [0, 0.1) is 0 Å². The van der Waals surface area contributed by atoms with Gasteiger partial charge < -0.3 is 19.9 Å². The third-order valence-corrected chi connectivity index (χ3v) is 3.95. The van der Waals surface area contributed by atoms with Gasteiger partial charge in [-0.05, 0) is 42.3 Å². The molecule has 126 valence electrons. The van der Waals surface area contributed by atoms with Gasteiger partial charge in [-0.2, -0.15) is 0 Å². The molecule has 2 aromatic carbocycles. The minimum Gasteiger partial charge on any atom is -0.497 e. The molecular formula is C19H23N3O2. The van der Waals surface area contributed by atoms with Crippen LogP contribution in [0.2, 0.25) is 0 Å². The van der Waals surface area contributed by atoms with Gasteiger partial charge in [0.15, 0.2) is 0 Å². The largest absolute Gasteiger partial charge is 0.497 e. The third-order valence-electron chi connectivity index (χ3n) is 3.95. The average molecular weight is 325 g/mol. The summed E-state index contributed by atoms with van der Waals surface area (Å²) in [6, 6.07) is 16.7. The highest BCUT2D eigenvalue weighted by Gasteiger charge is 2.04. The second-order valence-corrected chi connectivity index (χ2v) is 5.59. The number of ether oxygens (including phenoxy) is 1. The fourth-order valence-electron chi connectivity index (χ4n) is 2.65. The molecular weight excluding hydrogens is 302 g/mol. The summed E-state index contributed by atoms with van der Waals surface area (Å²) in [6.45, 7) is 1.74. The molecule has 3 aromatic rings. The van der Waals surface area contributed by atoms with E-state index >= 15 is 0 Å². The molecule has 1 aromatic heterocycles. The van der Waals surface area contributed by atoms with Crippen LogP contribution in [0.3, 0.4) is 0 Å². The van der Waals surface area contributed by atoms with Crippen LogP contribution in [0.15, 0.2) is 48.5 Å². The zero-order chi connectivity index (χ0) is 16.8. The van der Waals surface area contributed by atoms with Crippen molar-refractivity contribution in [2.45, 2.75) is 6.42 Å². The Hall–Kier alpha value is -2.50. The Morgan fingerprint density at radius 2 is 1.79 bits per heavy atom. The molecule has 0 unspecified atom stereocenters. The van der Waals surface area contributed by atoms with Crippen LogP contribution in [0.25, 0.3) is 22.2 Å². The monoisotopic (exact) mass is 325 g/mol. The average Bonchev–Trinajstić information content (AvgIpc) is 3.05. The molecule has 0 bridgehead atoms. The minimum absolute atomic E-state index is 0.833. The lowest BCUT2D eigenvalue weighted by atomic mass is 10.1. The number of hydrogen-bond acceptors (Lipinski definition) is 4. The zero-order valence-corrected chi connectivity index (χ0v) is 14.1. The van der Waals surface area contributed by atoms with Crippen molar-refractivity contribution >= 4 is 16.6 Å². The van der Waals surface area contributed by atoms with Gasteiger partial charge in [0.05, 0.1) is 14.2 Å². The molecule has 0 aliphatic rings. The molecule has 0 spiro atoms. The molecule has 0 radical (unpaired) electrons. The normalized spacial score (nSPS) is 10.9. The van der Waals surface area contributed by atoms with Gasteiger partial charge >= 0.3 is 0 Å². The van der Waals surface area contributed by atoms with E-state index < -0.39 is 0 Å². The Balaban J connectivity index is 1.66. The van der Waals surface area contributed by atoms with E-state index in [0.29, 0.717) is 0 Å². The first kappa shape index (κ1) is 16.4. The van der Waals surface area contributed by atoms with Crippen molar-refractivity contribution in [1.29, 1.82) is 0 Å². The van der Waals surface area contributed by atoms with E-state index in [9.17, 15) is 0 Å². The summed E-state index contributed by atoms with van der Waals surface area (Å²) in [6.07, 6.45) is 0.999. The minimum atomic E-state index is 0.833. The van der Waals surface area contributed by atoms with Crippen LogP contribution in [0.4, 0.5) is 5.69 Å². The molecule has 3 N–H and O–H groups in total. The van der Waals surface area contributed by atoms with Crippen molar-refractivity contribution in [3.63, 3.8) is 0 Å². The van der Waals surface area contributed by atoms with Crippen LogP contribution in [-0.2, 0) is 4.84 Å². The van der Waals surface area contributed by atoms with Gasteiger partial charge in [0.25, 0.3) is 0 Å². The number of H-pyrrole nitrogens is 1. The number of aromatic nitrogens is 1. The van der Waals surface area contributed by atoms with Gasteiger partial charge in [-0.1, -0.05) is 12.1 Å². The fourth-order valence-corrected chi connectivity index (χ4v) is 2.65. The zero-order valence-electron chi connectivity index (χ0n) is 14.1. The maximum absolute atomic E-state index is 5.27. The number of anilines is 1. The van der Waals surface area contributed by atoms with Gasteiger partial charge in [0.1, 0.15) is 5.75 Å². The summed E-state index contributed by atoms with van der Waals surface area (Å²) in [5.74, 6) is 0.860. The summed E-state index contributed by atoms with van der Waals surface area (Å²) in [4.78, 5) is 8.26. The highest BCUT2D eigenvalue weighted by molar-refractivity contribution is 5.87. The van der Waals surface area contributed by atoms with Crippen LogP contribution in [0.5, 0.6) is 5.75 Å². The van der Waals surface area contributed by atoms with E-state index in [2.05, 4.69) is 52.2 Å². The maximum atomic E-state index is 5.27. The number of hydrogen-bond donors (Lipinski definition) is 3. The number of fused-ring (bicyclic) bond motifs is 1. The summed E-state index contributed by atoms with van der Waals surface area (Å²) in [7, 11) is 3.31. The number of methoxy groups -OCH3 is 1. The van der Waals surface area contributed by atoms with E-state index in [1.165, 1.54) is 5.39 Å². The third kappa shape index (κ3) is 3.88. The Morgan fingerprint density at radius 1 is 0.958 bits per heavy atom. The second-order valence-electron chi connectivity index (χ2n) is 5.59. The smallest absolute Gasteiger partial charge is 0.120 e. The quantitative estimate of drug-likeness (QED) is 0.435. The van der Waals surface area contributed by atoms with E-state index in [-0.39, 0.29) is 0 Å². The van der Waals surface area contributed by atoms with E-state index in [0.717, 1.165) is 47.7 Å². The van der Waals surface area contributed by atoms with E-state index in [1.807, 2.05) is 12.1 Å². The molecule has 5 nitrogen and oxygen atoms in total. The van der Waals surface area contributed by atoms with Crippen molar-refractivity contribution in [2.75, 3.05) is 32.6 Å². The van der Waals surface area contributed by atoms with Crippen molar-refractivity contribution < 1.29 is 9.57 Å². The molecule has 0 aliphatic carbocycles. The van der Waals surface area contributed by atoms with Gasteiger partial charge in [0, 0.05) is 41.4 Å². The summed E-state index contributed by atoms with van der Waals surface area (Å²) < 4.78 is 5.27. The molecule has 5 heteroatoms. The first-order chi connectivity index (χ1) is 11.8. The highest BCUT2D eigenvalue weighted by atomic mass is 16.6. The van der Waals surface area contributed by atoms with Crippen LogP contribution in [0.1, 0.15) is 6.42 Å². The number of benzene rings is 2. The Morgan fingerprint density at radius 3 is 2.54 bits per heavy atom. The molecule has 3 rings (SSSR count). The topological polar surface area (TPSA) is 58.3 Å². The summed E-state index contributed by atoms with van der Waals surface area (Å²) >= 11 is 0. The van der Waals surface area contributed by atoms with Crippen molar-refractivity contribution in [1.82, 2.24) is 10.5 Å². The number of aromatic amines is 1. The number of hydroxylamine groups is 1. The predicted octanol–water partition coefficient (Wildman–Crippen LogP) is 3.80. The van der Waals surface area contributed by atoms with Gasteiger partial charge in [0.2, 0.25) is 0 Å². The first-order valence-corrected chi connectivity index (χ1v) is 8.07. The summed E-state index contributed by atoms with van der Waals surface area (Å²) in [5, 5.41) is 4.58. The van der Waals surface area contributed by atoms with Crippen LogP contribution in [-0.4, -0.2) is 32.3 Å². The van der Waals surface area contributed by atoms with Crippen molar-refractivity contribution in [2.24, 2.45) is 0 Å². The standard InChI is InChI=1S/C19H23N3O2/c1-23-17-9-6-15-12-18(22-19(15)13-17)14-4-7-16(8-5-14)20-10-3-11-21-24-2/h4-9,12-13,20-22H,3,10-11H2,1-2H3. The fraction of sp³-hybridized carbons (Fsp3) is 0.263. The van der Waals surface area contributed by atoms with E-state index in [1.54, 1.807) is 14.2 Å². The van der Waals surface area contributed by atoms with Gasteiger partial charge in [-0.25, -0.2) is 5.48 Å². The molecule has 24 heavy (non-hydrogen) atoms. The molecule has 0 aliphatic heterocycles. The lowest BCUT2D eigenvalue weighted by molar-refractivity contribution is 0.0917. The highest BCUT2D eigenvalue weighted by Crippen LogP contribution is 2.27. The first-order valence-electron chi connectivity index (χ1n) is 8.07. The Kier molecular flexibility index (Phi) is 5.36. The predicted molar refractivity (Wildman–Crippen MR) is 98.4 cm³/mol. The Bertz CT molecular complexity index is 781. The van der Waals surface area contributed by atoms with Crippen molar-refractivity contribution in [3.05, 3.63) is 48.5 Å². The molecule has 0 amide bonds. The number of nitrogens with one attached hydrogen (secondary N) is 3. The van der Waals surface area contributed by atoms with Gasteiger partial charge in [-0.15, -0.1) is 0 Å².